The van der Waals surface area contributed by atoms with Crippen molar-refractivity contribution in [3.8, 4) is 0 Å². The number of rotatable bonds is 0. The number of hydrogen-bond acceptors (Lipinski definition) is 3. The third kappa shape index (κ3) is 7.06. The molecule has 4 nitrogen and oxygen atoms in total. The summed E-state index contributed by atoms with van der Waals surface area (Å²) in [5.41, 5.74) is -0.0759. The molecule has 3 atom stereocenters. The number of amides is 1. The van der Waals surface area contributed by atoms with E-state index in [2.05, 4.69) is 27.7 Å². The predicted molar refractivity (Wildman–Crippen MR) is 97.3 cm³/mol. The van der Waals surface area contributed by atoms with E-state index in [1.165, 1.54) is 0 Å². The van der Waals surface area contributed by atoms with Gasteiger partial charge in [0.25, 0.3) is 0 Å². The van der Waals surface area contributed by atoms with Crippen LogP contribution < -0.4 is 0 Å². The fourth-order valence-electron chi connectivity index (χ4n) is 2.88. The molecule has 0 spiro atoms. The van der Waals surface area contributed by atoms with E-state index in [4.69, 9.17) is 4.74 Å². The highest BCUT2D eigenvalue weighted by molar-refractivity contribution is 5.76. The van der Waals surface area contributed by atoms with E-state index in [9.17, 15) is 9.59 Å². The molecule has 0 fully saturated rings. The second kappa shape index (κ2) is 9.24. The summed E-state index contributed by atoms with van der Waals surface area (Å²) >= 11 is 0. The third-order valence-electron chi connectivity index (χ3n) is 4.82. The Labute approximate surface area is 147 Å². The van der Waals surface area contributed by atoms with E-state index in [0.29, 0.717) is 12.3 Å². The van der Waals surface area contributed by atoms with Gasteiger partial charge in [-0.05, 0) is 37.0 Å². The van der Waals surface area contributed by atoms with Crippen LogP contribution in [0.5, 0.6) is 0 Å². The molecule has 0 radical (unpaired) electrons. The highest BCUT2D eigenvalue weighted by atomic mass is 16.5. The number of allylic oxidation sites excluding steroid dienone is 1. The lowest BCUT2D eigenvalue weighted by Crippen LogP contribution is -2.35. The van der Waals surface area contributed by atoms with Crippen molar-refractivity contribution in [2.45, 2.75) is 79.2 Å². The first kappa shape index (κ1) is 20.7. The molecule has 0 N–H and O–H groups in total. The molecule has 1 aliphatic heterocycles. The van der Waals surface area contributed by atoms with Crippen molar-refractivity contribution >= 4 is 11.9 Å². The van der Waals surface area contributed by atoms with Crippen molar-refractivity contribution in [1.82, 2.24) is 4.90 Å². The summed E-state index contributed by atoms with van der Waals surface area (Å²) in [6.07, 6.45) is 8.48. The number of esters is 1. The van der Waals surface area contributed by atoms with Gasteiger partial charge in [-0.1, -0.05) is 47.1 Å². The van der Waals surface area contributed by atoms with Crippen molar-refractivity contribution < 1.29 is 14.3 Å². The molecule has 0 aliphatic carbocycles. The zero-order chi connectivity index (χ0) is 18.3. The number of ether oxygens (including phenoxy) is 1. The zero-order valence-corrected chi connectivity index (χ0v) is 16.3. The van der Waals surface area contributed by atoms with E-state index in [1.807, 2.05) is 19.2 Å². The maximum absolute atomic E-state index is 12.4. The minimum absolute atomic E-state index is 0.0759. The summed E-state index contributed by atoms with van der Waals surface area (Å²) in [6, 6.07) is 0. The average molecular weight is 338 g/mol. The number of carbonyl (C=O) groups excluding carboxylic acids is 2. The van der Waals surface area contributed by atoms with Crippen LogP contribution in [0.15, 0.2) is 12.3 Å². The Hall–Kier alpha value is -1.32. The van der Waals surface area contributed by atoms with Crippen LogP contribution in [0.25, 0.3) is 0 Å². The fraction of sp³-hybridized carbons (Fsp3) is 0.800. The van der Waals surface area contributed by atoms with Gasteiger partial charge >= 0.3 is 5.97 Å². The van der Waals surface area contributed by atoms with E-state index in [1.54, 1.807) is 11.9 Å². The standard InChI is InChI=1S/C20H35NO3/c1-15-10-9-12-18(22)21(6)13-8-7-11-16(2)19(23)24-17(14-15)20(3,4)5/h8,13,15-17H,7,9-12,14H2,1-6H3/b13-8+/t15-,16+,17+/m0/s1. The summed E-state index contributed by atoms with van der Waals surface area (Å²) in [5, 5.41) is 0. The van der Waals surface area contributed by atoms with Crippen molar-refractivity contribution in [1.29, 1.82) is 0 Å². The quantitative estimate of drug-likeness (QED) is 0.610. The lowest BCUT2D eigenvalue weighted by molar-refractivity contribution is -0.160. The van der Waals surface area contributed by atoms with E-state index >= 15 is 0 Å². The normalized spacial score (nSPS) is 30.2. The van der Waals surface area contributed by atoms with Crippen molar-refractivity contribution in [2.24, 2.45) is 17.3 Å². The molecule has 1 amide bonds. The molecular weight excluding hydrogens is 302 g/mol. The molecule has 24 heavy (non-hydrogen) atoms. The molecule has 0 saturated heterocycles. The topological polar surface area (TPSA) is 46.6 Å². The van der Waals surface area contributed by atoms with E-state index in [-0.39, 0.29) is 29.3 Å². The molecule has 1 aliphatic rings. The SMILES string of the molecule is C[C@H]1CCCC(=O)N(C)/C=C/CC[C@@H](C)C(=O)O[C@@H](C(C)(C)C)C1. The lowest BCUT2D eigenvalue weighted by Gasteiger charge is -2.33. The fourth-order valence-corrected chi connectivity index (χ4v) is 2.88. The summed E-state index contributed by atoms with van der Waals surface area (Å²) in [5.74, 6) is 0.355. The van der Waals surface area contributed by atoms with Crippen LogP contribution in [0.1, 0.15) is 73.1 Å². The molecule has 0 unspecified atom stereocenters. The lowest BCUT2D eigenvalue weighted by atomic mass is 9.82. The van der Waals surface area contributed by atoms with Crippen LogP contribution in [0.4, 0.5) is 0 Å². The molecule has 0 saturated carbocycles. The van der Waals surface area contributed by atoms with Gasteiger partial charge in [-0.15, -0.1) is 0 Å². The monoisotopic (exact) mass is 337 g/mol. The summed E-state index contributed by atoms with van der Waals surface area (Å²) in [4.78, 5) is 26.2. The number of hydrogen-bond donors (Lipinski definition) is 0. The number of cyclic esters (lactones) is 1. The second-order valence-corrected chi connectivity index (χ2v) is 8.39. The van der Waals surface area contributed by atoms with Crippen LogP contribution >= 0.6 is 0 Å². The van der Waals surface area contributed by atoms with Gasteiger partial charge in [0.2, 0.25) is 5.91 Å². The molecule has 4 heteroatoms. The second-order valence-electron chi connectivity index (χ2n) is 8.39. The number of nitrogens with zero attached hydrogens (tertiary/aromatic N) is 1. The number of carbonyl (C=O) groups is 2. The molecule has 0 aromatic rings. The minimum Gasteiger partial charge on any atom is -0.462 e. The first-order valence-corrected chi connectivity index (χ1v) is 9.24. The maximum Gasteiger partial charge on any atom is 0.308 e. The van der Waals surface area contributed by atoms with Gasteiger partial charge in [-0.2, -0.15) is 0 Å². The third-order valence-corrected chi connectivity index (χ3v) is 4.82. The van der Waals surface area contributed by atoms with Crippen LogP contribution in [0, 0.1) is 17.3 Å². The highest BCUT2D eigenvalue weighted by Crippen LogP contribution is 2.30. The highest BCUT2D eigenvalue weighted by Gasteiger charge is 2.31. The Kier molecular flexibility index (Phi) is 7.98. The Balaban J connectivity index is 2.86. The first-order valence-electron chi connectivity index (χ1n) is 9.24. The summed E-state index contributed by atoms with van der Waals surface area (Å²) < 4.78 is 5.88. The minimum atomic E-state index is -0.124. The van der Waals surface area contributed by atoms with Crippen molar-refractivity contribution in [2.75, 3.05) is 7.05 Å². The molecule has 0 bridgehead atoms. The maximum atomic E-state index is 12.4. The van der Waals surface area contributed by atoms with Crippen LogP contribution in [0.2, 0.25) is 0 Å². The molecule has 1 rings (SSSR count). The van der Waals surface area contributed by atoms with Gasteiger partial charge in [0.15, 0.2) is 0 Å². The van der Waals surface area contributed by atoms with Gasteiger partial charge in [-0.3, -0.25) is 9.59 Å². The molecule has 0 aromatic carbocycles. The van der Waals surface area contributed by atoms with Gasteiger partial charge in [-0.25, -0.2) is 0 Å². The zero-order valence-electron chi connectivity index (χ0n) is 16.3. The Morgan fingerprint density at radius 3 is 2.46 bits per heavy atom. The summed E-state index contributed by atoms with van der Waals surface area (Å²) in [6.45, 7) is 10.5. The van der Waals surface area contributed by atoms with Crippen LogP contribution in [-0.2, 0) is 14.3 Å². The largest absolute Gasteiger partial charge is 0.462 e. The van der Waals surface area contributed by atoms with E-state index in [0.717, 1.165) is 32.1 Å². The molecule has 138 valence electrons. The van der Waals surface area contributed by atoms with Gasteiger partial charge in [0.1, 0.15) is 6.10 Å². The first-order chi connectivity index (χ1) is 11.1. The van der Waals surface area contributed by atoms with Crippen molar-refractivity contribution in [3.05, 3.63) is 12.3 Å². The molecular formula is C20H35NO3. The molecule has 0 aromatic heterocycles. The van der Waals surface area contributed by atoms with Gasteiger partial charge < -0.3 is 9.64 Å². The Bertz CT molecular complexity index is 450. The Morgan fingerprint density at radius 2 is 1.83 bits per heavy atom. The Morgan fingerprint density at radius 1 is 1.17 bits per heavy atom. The van der Waals surface area contributed by atoms with Gasteiger partial charge in [0, 0.05) is 19.7 Å². The van der Waals surface area contributed by atoms with Crippen molar-refractivity contribution in [3.63, 3.8) is 0 Å². The van der Waals surface area contributed by atoms with Gasteiger partial charge in [0.05, 0.1) is 5.92 Å². The smallest absolute Gasteiger partial charge is 0.308 e. The predicted octanol–water partition coefficient (Wildman–Crippen LogP) is 4.54. The summed E-state index contributed by atoms with van der Waals surface area (Å²) in [7, 11) is 1.80. The van der Waals surface area contributed by atoms with Crippen LogP contribution in [0.3, 0.4) is 0 Å². The van der Waals surface area contributed by atoms with E-state index < -0.39 is 0 Å². The van der Waals surface area contributed by atoms with Crippen LogP contribution in [-0.4, -0.2) is 29.9 Å². The molecule has 1 heterocycles. The average Bonchev–Trinajstić information content (AvgIpc) is 2.48.